The van der Waals surface area contributed by atoms with Gasteiger partial charge in [0.2, 0.25) is 5.78 Å². The van der Waals surface area contributed by atoms with Crippen molar-refractivity contribution >= 4 is 23.4 Å². The van der Waals surface area contributed by atoms with Crippen LogP contribution >= 0.6 is 0 Å². The molecule has 3 aromatic carbocycles. The first-order chi connectivity index (χ1) is 19.4. The summed E-state index contributed by atoms with van der Waals surface area (Å²) in [6, 6.07) is 25.9. The monoisotopic (exact) mass is 541 g/mol. The lowest BCUT2D eigenvalue weighted by atomic mass is 9.82. The van der Waals surface area contributed by atoms with Crippen molar-refractivity contribution in [3.8, 4) is 0 Å². The van der Waals surface area contributed by atoms with Crippen LogP contribution in [0.15, 0.2) is 84.9 Å². The highest BCUT2D eigenvalue weighted by Crippen LogP contribution is 2.36. The SMILES string of the molecule is CCOC(=O)Cc1ccc(C(=O)C[N+]23CCC(CC2)[C@@H](OC(=O)[C@H](Nc2ccccc2)c2ccccc2)C3)cc1. The van der Waals surface area contributed by atoms with Gasteiger partial charge in [0.05, 0.1) is 26.1 Å². The van der Waals surface area contributed by atoms with Crippen molar-refractivity contribution < 1.29 is 28.3 Å². The molecule has 40 heavy (non-hydrogen) atoms. The highest BCUT2D eigenvalue weighted by atomic mass is 16.5. The number of ketones is 1. The van der Waals surface area contributed by atoms with Gasteiger partial charge in [-0.1, -0.05) is 72.8 Å². The minimum absolute atomic E-state index is 0.0704. The Kier molecular flexibility index (Phi) is 8.60. The summed E-state index contributed by atoms with van der Waals surface area (Å²) in [6.07, 6.45) is 1.84. The lowest BCUT2D eigenvalue weighted by molar-refractivity contribution is -0.938. The molecule has 7 heteroatoms. The molecule has 3 heterocycles. The molecule has 3 saturated heterocycles. The van der Waals surface area contributed by atoms with Gasteiger partial charge in [-0.15, -0.1) is 0 Å². The zero-order chi connectivity index (χ0) is 28.0. The summed E-state index contributed by atoms with van der Waals surface area (Å²) in [7, 11) is 0. The molecule has 0 aromatic heterocycles. The fourth-order valence-electron chi connectivity index (χ4n) is 6.00. The van der Waals surface area contributed by atoms with Crippen LogP contribution in [0.1, 0.15) is 47.3 Å². The van der Waals surface area contributed by atoms with E-state index in [-0.39, 0.29) is 30.2 Å². The summed E-state index contributed by atoms with van der Waals surface area (Å²) in [5, 5.41) is 3.35. The predicted octanol–water partition coefficient (Wildman–Crippen LogP) is 4.98. The first-order valence-corrected chi connectivity index (χ1v) is 14.1. The summed E-state index contributed by atoms with van der Waals surface area (Å²) >= 11 is 0. The molecule has 3 aliphatic heterocycles. The van der Waals surface area contributed by atoms with Crippen LogP contribution in [0, 0.1) is 5.92 Å². The Morgan fingerprint density at radius 1 is 0.900 bits per heavy atom. The van der Waals surface area contributed by atoms with Crippen LogP contribution in [0.2, 0.25) is 0 Å². The molecule has 7 nitrogen and oxygen atoms in total. The Bertz CT molecular complexity index is 1300. The Morgan fingerprint density at radius 2 is 1.55 bits per heavy atom. The van der Waals surface area contributed by atoms with Gasteiger partial charge in [0, 0.05) is 30.0 Å². The third-order valence-corrected chi connectivity index (χ3v) is 8.17. The number of hydrogen-bond donors (Lipinski definition) is 1. The van der Waals surface area contributed by atoms with Crippen LogP contribution in [-0.4, -0.2) is 61.1 Å². The molecule has 0 radical (unpaired) electrons. The number of anilines is 1. The average molecular weight is 542 g/mol. The molecule has 3 aliphatic rings. The number of ether oxygens (including phenoxy) is 2. The summed E-state index contributed by atoms with van der Waals surface area (Å²) in [4.78, 5) is 38.7. The van der Waals surface area contributed by atoms with Crippen molar-refractivity contribution in [2.45, 2.75) is 38.3 Å². The first kappa shape index (κ1) is 27.6. The second-order valence-corrected chi connectivity index (χ2v) is 10.9. The van der Waals surface area contributed by atoms with E-state index in [4.69, 9.17) is 9.47 Å². The zero-order valence-electron chi connectivity index (χ0n) is 23.0. The molecule has 0 amide bonds. The van der Waals surface area contributed by atoms with Gasteiger partial charge >= 0.3 is 11.9 Å². The molecule has 208 valence electrons. The number of rotatable bonds is 11. The van der Waals surface area contributed by atoms with Crippen LogP contribution in [0.4, 0.5) is 5.69 Å². The smallest absolute Gasteiger partial charge is 0.333 e. The maximum atomic E-state index is 13.6. The van der Waals surface area contributed by atoms with E-state index in [9.17, 15) is 14.4 Å². The Balaban J connectivity index is 1.25. The number of esters is 2. The summed E-state index contributed by atoms with van der Waals surface area (Å²) < 4.78 is 11.9. The summed E-state index contributed by atoms with van der Waals surface area (Å²) in [5.41, 5.74) is 3.16. The molecule has 0 saturated carbocycles. The number of nitrogens with one attached hydrogen (secondary N) is 1. The molecule has 3 aromatic rings. The van der Waals surface area contributed by atoms with Gasteiger partial charge in [0.15, 0.2) is 12.1 Å². The molecule has 0 aliphatic carbocycles. The topological polar surface area (TPSA) is 81.7 Å². The van der Waals surface area contributed by atoms with Crippen molar-refractivity contribution in [3.05, 3.63) is 102 Å². The van der Waals surface area contributed by atoms with Crippen LogP contribution in [0.3, 0.4) is 0 Å². The second-order valence-electron chi connectivity index (χ2n) is 10.9. The second kappa shape index (κ2) is 12.5. The number of Topliss-reactive ketones (excluding diaryl/α,β-unsaturated/α-hetero) is 1. The largest absolute Gasteiger partial charge is 0.466 e. The third-order valence-electron chi connectivity index (χ3n) is 8.17. The normalized spacial score (nSPS) is 22.2. The molecule has 2 bridgehead atoms. The third kappa shape index (κ3) is 6.59. The molecule has 2 atom stereocenters. The highest BCUT2D eigenvalue weighted by Gasteiger charge is 2.49. The van der Waals surface area contributed by atoms with E-state index in [1.54, 1.807) is 19.1 Å². The van der Waals surface area contributed by atoms with E-state index in [1.807, 2.05) is 72.8 Å². The standard InChI is InChI=1S/C33H37N2O5/c1-2-39-31(37)21-24-13-15-25(16-14-24)29(36)22-35-19-17-26(18-20-35)30(23-35)40-33(38)32(27-9-5-3-6-10-27)34-28-11-7-4-8-12-28/h3-16,26,30,32,34H,2,17-23H2,1H3/q+1/t26?,30-,32+,35?/m0/s1. The number of hydrogen-bond acceptors (Lipinski definition) is 6. The highest BCUT2D eigenvalue weighted by molar-refractivity contribution is 5.97. The molecule has 0 unspecified atom stereocenters. The van der Waals surface area contributed by atoms with E-state index in [0.29, 0.717) is 35.7 Å². The van der Waals surface area contributed by atoms with Crippen LogP contribution < -0.4 is 5.32 Å². The number of para-hydroxylation sites is 1. The number of benzene rings is 3. The van der Waals surface area contributed by atoms with Crippen molar-refractivity contribution in [1.82, 2.24) is 0 Å². The van der Waals surface area contributed by atoms with Gasteiger partial charge < -0.3 is 19.3 Å². The van der Waals surface area contributed by atoms with Crippen molar-refractivity contribution in [1.29, 1.82) is 0 Å². The van der Waals surface area contributed by atoms with Crippen molar-refractivity contribution in [2.75, 3.05) is 38.1 Å². The molecule has 1 N–H and O–H groups in total. The van der Waals surface area contributed by atoms with Gasteiger partial charge in [-0.3, -0.25) is 9.59 Å². The fourth-order valence-corrected chi connectivity index (χ4v) is 6.00. The van der Waals surface area contributed by atoms with Crippen molar-refractivity contribution in [3.63, 3.8) is 0 Å². The van der Waals surface area contributed by atoms with Gasteiger partial charge in [0.1, 0.15) is 13.1 Å². The fraction of sp³-hybridized carbons (Fsp3) is 0.364. The van der Waals surface area contributed by atoms with E-state index < -0.39 is 6.04 Å². The van der Waals surface area contributed by atoms with Gasteiger partial charge in [0.25, 0.3) is 0 Å². The first-order valence-electron chi connectivity index (χ1n) is 14.1. The number of nitrogens with zero attached hydrogens (tertiary/aromatic N) is 1. The van der Waals surface area contributed by atoms with Crippen molar-refractivity contribution in [2.24, 2.45) is 5.92 Å². The lowest BCUT2D eigenvalue weighted by Crippen LogP contribution is -2.65. The van der Waals surface area contributed by atoms with E-state index >= 15 is 0 Å². The van der Waals surface area contributed by atoms with Crippen LogP contribution in [0.25, 0.3) is 0 Å². The molecule has 6 rings (SSSR count). The minimum Gasteiger partial charge on any atom is -0.466 e. The molecular formula is C33H37N2O5+. The maximum absolute atomic E-state index is 13.6. The number of fused-ring (bicyclic) bond motifs is 3. The number of carbonyl (C=O) groups is 3. The van der Waals surface area contributed by atoms with E-state index in [1.165, 1.54) is 0 Å². The average Bonchev–Trinajstić information content (AvgIpc) is 2.97. The van der Waals surface area contributed by atoms with Crippen LogP contribution in [0.5, 0.6) is 0 Å². The zero-order valence-corrected chi connectivity index (χ0v) is 23.0. The van der Waals surface area contributed by atoms with E-state index in [0.717, 1.165) is 42.7 Å². The lowest BCUT2D eigenvalue weighted by Gasteiger charge is -2.51. The predicted molar refractivity (Wildman–Crippen MR) is 153 cm³/mol. The number of quaternary nitrogens is 1. The van der Waals surface area contributed by atoms with Gasteiger partial charge in [-0.2, -0.15) is 0 Å². The number of piperidine rings is 3. The maximum Gasteiger partial charge on any atom is 0.333 e. The molecule has 0 spiro atoms. The molecule has 3 fully saturated rings. The Morgan fingerprint density at radius 3 is 2.20 bits per heavy atom. The Labute approximate surface area is 235 Å². The Hall–Kier alpha value is -3.97. The molecular weight excluding hydrogens is 504 g/mol. The van der Waals surface area contributed by atoms with Crippen LogP contribution in [-0.2, 0) is 25.5 Å². The summed E-state index contributed by atoms with van der Waals surface area (Å²) in [6.45, 7) is 4.98. The van der Waals surface area contributed by atoms with Gasteiger partial charge in [-0.05, 0) is 30.2 Å². The summed E-state index contributed by atoms with van der Waals surface area (Å²) in [5.74, 6) is -0.184. The quantitative estimate of drug-likeness (QED) is 0.210. The van der Waals surface area contributed by atoms with Gasteiger partial charge in [-0.25, -0.2) is 4.79 Å². The minimum atomic E-state index is -0.623. The number of carbonyl (C=O) groups excluding carboxylic acids is 3. The van der Waals surface area contributed by atoms with E-state index in [2.05, 4.69) is 5.32 Å².